The molecule has 2 aromatic carbocycles. The second-order valence-corrected chi connectivity index (χ2v) is 3.47. The van der Waals surface area contributed by atoms with Crippen LogP contribution in [0.15, 0.2) is 42.5 Å². The molecule has 4 heteroatoms. The van der Waals surface area contributed by atoms with E-state index in [0.717, 1.165) is 0 Å². The van der Waals surface area contributed by atoms with E-state index in [2.05, 4.69) is 0 Å². The Balaban J connectivity index is 2.29. The van der Waals surface area contributed by atoms with Crippen LogP contribution in [0.4, 0.5) is 10.1 Å². The van der Waals surface area contributed by atoms with Gasteiger partial charge in [-0.3, -0.25) is 0 Å². The summed E-state index contributed by atoms with van der Waals surface area (Å²) in [6, 6.07) is 10.9. The molecular formula is C13H12FNO2. The Kier molecular flexibility index (Phi) is 3.14. The van der Waals surface area contributed by atoms with Gasteiger partial charge < -0.3 is 15.2 Å². The molecule has 2 aromatic rings. The minimum Gasteiger partial charge on any atom is -0.493 e. The molecule has 0 fully saturated rings. The summed E-state index contributed by atoms with van der Waals surface area (Å²) in [4.78, 5) is 0. The summed E-state index contributed by atoms with van der Waals surface area (Å²) in [5.74, 6) is 1.06. The van der Waals surface area contributed by atoms with Gasteiger partial charge in [0.2, 0.25) is 0 Å². The fourth-order valence-corrected chi connectivity index (χ4v) is 1.43. The zero-order valence-electron chi connectivity index (χ0n) is 9.31. The first-order valence-corrected chi connectivity index (χ1v) is 5.06. The fraction of sp³-hybridized carbons (Fsp3) is 0.0769. The molecule has 17 heavy (non-hydrogen) atoms. The van der Waals surface area contributed by atoms with Crippen molar-refractivity contribution >= 4 is 5.69 Å². The van der Waals surface area contributed by atoms with Crippen molar-refractivity contribution in [1.82, 2.24) is 0 Å². The maximum atomic E-state index is 13.0. The molecule has 0 saturated heterocycles. The molecule has 88 valence electrons. The predicted molar refractivity (Wildman–Crippen MR) is 63.9 cm³/mol. The molecule has 0 atom stereocenters. The normalized spacial score (nSPS) is 10.0. The van der Waals surface area contributed by atoms with Crippen molar-refractivity contribution in [2.45, 2.75) is 0 Å². The Labute approximate surface area is 98.6 Å². The lowest BCUT2D eigenvalue weighted by molar-refractivity contribution is 0.378. The van der Waals surface area contributed by atoms with Crippen LogP contribution in [0.25, 0.3) is 0 Å². The van der Waals surface area contributed by atoms with Gasteiger partial charge in [-0.15, -0.1) is 0 Å². The molecule has 0 heterocycles. The van der Waals surface area contributed by atoms with E-state index in [9.17, 15) is 4.39 Å². The molecule has 0 saturated carbocycles. The van der Waals surface area contributed by atoms with Crippen molar-refractivity contribution < 1.29 is 13.9 Å². The second-order valence-electron chi connectivity index (χ2n) is 3.47. The molecule has 2 N–H and O–H groups in total. The first kappa shape index (κ1) is 11.3. The number of rotatable bonds is 3. The fourth-order valence-electron chi connectivity index (χ4n) is 1.43. The molecule has 0 aromatic heterocycles. The number of ether oxygens (including phenoxy) is 2. The third-order valence-corrected chi connectivity index (χ3v) is 2.21. The van der Waals surface area contributed by atoms with Crippen LogP contribution in [0, 0.1) is 5.82 Å². The number of nitrogens with two attached hydrogens (primary N) is 1. The van der Waals surface area contributed by atoms with E-state index in [1.807, 2.05) is 0 Å². The molecule has 0 aliphatic heterocycles. The van der Waals surface area contributed by atoms with Crippen LogP contribution in [-0.2, 0) is 0 Å². The topological polar surface area (TPSA) is 44.5 Å². The molecular weight excluding hydrogens is 221 g/mol. The third kappa shape index (κ3) is 2.66. The van der Waals surface area contributed by atoms with Crippen molar-refractivity contribution in [3.63, 3.8) is 0 Å². The van der Waals surface area contributed by atoms with Crippen molar-refractivity contribution in [2.75, 3.05) is 12.8 Å². The molecule has 0 bridgehead atoms. The number of nitrogen functional groups attached to an aromatic ring is 1. The predicted octanol–water partition coefficient (Wildman–Crippen LogP) is 3.21. The highest BCUT2D eigenvalue weighted by molar-refractivity contribution is 5.53. The van der Waals surface area contributed by atoms with Crippen molar-refractivity contribution in [3.05, 3.63) is 48.3 Å². The smallest absolute Gasteiger partial charge is 0.169 e. The largest absolute Gasteiger partial charge is 0.493 e. The average molecular weight is 233 g/mol. The lowest BCUT2D eigenvalue weighted by Crippen LogP contribution is -1.93. The summed E-state index contributed by atoms with van der Waals surface area (Å²) in [5.41, 5.74) is 6.20. The zero-order chi connectivity index (χ0) is 12.3. The van der Waals surface area contributed by atoms with Gasteiger partial charge in [0.25, 0.3) is 0 Å². The Morgan fingerprint density at radius 2 is 1.88 bits per heavy atom. The van der Waals surface area contributed by atoms with Crippen LogP contribution in [0.1, 0.15) is 0 Å². The minimum atomic E-state index is -0.350. The third-order valence-electron chi connectivity index (χ3n) is 2.21. The summed E-state index contributed by atoms with van der Waals surface area (Å²) in [7, 11) is 1.52. The maximum Gasteiger partial charge on any atom is 0.169 e. The first-order valence-electron chi connectivity index (χ1n) is 5.06. The quantitative estimate of drug-likeness (QED) is 0.828. The first-order chi connectivity index (χ1) is 8.19. The van der Waals surface area contributed by atoms with Crippen molar-refractivity contribution in [2.24, 2.45) is 0 Å². The van der Waals surface area contributed by atoms with Gasteiger partial charge in [0.15, 0.2) is 11.5 Å². The molecule has 0 unspecified atom stereocenters. The Bertz CT molecular complexity index is 529. The summed E-state index contributed by atoms with van der Waals surface area (Å²) in [6.45, 7) is 0. The van der Waals surface area contributed by atoms with Crippen LogP contribution in [0.5, 0.6) is 17.2 Å². The number of benzene rings is 2. The molecule has 0 spiro atoms. The minimum absolute atomic E-state index is 0.350. The highest BCUT2D eigenvalue weighted by Gasteiger charge is 2.06. The van der Waals surface area contributed by atoms with Crippen LogP contribution >= 0.6 is 0 Å². The van der Waals surface area contributed by atoms with E-state index >= 15 is 0 Å². The monoisotopic (exact) mass is 233 g/mol. The van der Waals surface area contributed by atoms with Gasteiger partial charge in [0.05, 0.1) is 7.11 Å². The van der Waals surface area contributed by atoms with Crippen LogP contribution in [0.3, 0.4) is 0 Å². The van der Waals surface area contributed by atoms with E-state index in [1.54, 1.807) is 30.3 Å². The van der Waals surface area contributed by atoms with Gasteiger partial charge >= 0.3 is 0 Å². The Morgan fingerprint density at radius 3 is 2.59 bits per heavy atom. The summed E-state index contributed by atoms with van der Waals surface area (Å²) in [6.07, 6.45) is 0. The Morgan fingerprint density at radius 1 is 1.06 bits per heavy atom. The molecule has 0 amide bonds. The Hall–Kier alpha value is -2.23. The van der Waals surface area contributed by atoms with Gasteiger partial charge in [0, 0.05) is 17.8 Å². The number of halogens is 1. The van der Waals surface area contributed by atoms with E-state index in [0.29, 0.717) is 22.9 Å². The number of hydrogen-bond acceptors (Lipinski definition) is 3. The summed E-state index contributed by atoms with van der Waals surface area (Å²) >= 11 is 0. The van der Waals surface area contributed by atoms with Gasteiger partial charge in [-0.1, -0.05) is 6.07 Å². The molecule has 0 radical (unpaired) electrons. The van der Waals surface area contributed by atoms with Crippen LogP contribution in [-0.4, -0.2) is 7.11 Å². The van der Waals surface area contributed by atoms with Crippen LogP contribution in [0.2, 0.25) is 0 Å². The average Bonchev–Trinajstić information content (AvgIpc) is 2.31. The van der Waals surface area contributed by atoms with Crippen molar-refractivity contribution in [1.29, 1.82) is 0 Å². The summed E-state index contributed by atoms with van der Waals surface area (Å²) in [5, 5.41) is 0. The molecule has 0 aliphatic carbocycles. The number of methoxy groups -OCH3 is 1. The highest BCUT2D eigenvalue weighted by atomic mass is 19.1. The lowest BCUT2D eigenvalue weighted by Gasteiger charge is -2.10. The lowest BCUT2D eigenvalue weighted by atomic mass is 10.3. The van der Waals surface area contributed by atoms with Gasteiger partial charge in [-0.2, -0.15) is 0 Å². The van der Waals surface area contributed by atoms with E-state index < -0.39 is 0 Å². The number of anilines is 1. The van der Waals surface area contributed by atoms with E-state index in [-0.39, 0.29) is 5.82 Å². The molecule has 2 rings (SSSR count). The zero-order valence-corrected chi connectivity index (χ0v) is 9.31. The van der Waals surface area contributed by atoms with Gasteiger partial charge in [-0.05, 0) is 24.3 Å². The van der Waals surface area contributed by atoms with Gasteiger partial charge in [-0.25, -0.2) is 4.39 Å². The standard InChI is InChI=1S/C13H12FNO2/c1-16-13-8-10(15)5-6-12(13)17-11-4-2-3-9(14)7-11/h2-8H,15H2,1H3. The van der Waals surface area contributed by atoms with E-state index in [4.69, 9.17) is 15.2 Å². The molecule has 0 aliphatic rings. The molecule has 3 nitrogen and oxygen atoms in total. The van der Waals surface area contributed by atoms with Crippen molar-refractivity contribution in [3.8, 4) is 17.2 Å². The number of hydrogen-bond donors (Lipinski definition) is 1. The van der Waals surface area contributed by atoms with E-state index in [1.165, 1.54) is 19.2 Å². The second kappa shape index (κ2) is 4.74. The maximum absolute atomic E-state index is 13.0. The summed E-state index contributed by atoms with van der Waals surface area (Å²) < 4.78 is 23.6. The van der Waals surface area contributed by atoms with Crippen LogP contribution < -0.4 is 15.2 Å². The highest BCUT2D eigenvalue weighted by Crippen LogP contribution is 2.33. The van der Waals surface area contributed by atoms with Gasteiger partial charge in [0.1, 0.15) is 11.6 Å². The SMILES string of the molecule is COc1cc(N)ccc1Oc1cccc(F)c1.